The summed E-state index contributed by atoms with van der Waals surface area (Å²) in [5.74, 6) is 2.62. The number of benzene rings is 1. The molecule has 2 aromatic heterocycles. The number of thioether (sulfide) groups is 1. The Morgan fingerprint density at radius 1 is 1.19 bits per heavy atom. The van der Waals surface area contributed by atoms with E-state index < -0.39 is 0 Å². The van der Waals surface area contributed by atoms with Crippen LogP contribution < -0.4 is 5.32 Å². The number of halogens is 1. The van der Waals surface area contributed by atoms with Gasteiger partial charge in [-0.3, -0.25) is 0 Å². The van der Waals surface area contributed by atoms with E-state index in [2.05, 4.69) is 45.5 Å². The predicted molar refractivity (Wildman–Crippen MR) is 118 cm³/mol. The van der Waals surface area contributed by atoms with Gasteiger partial charge in [0.05, 0.1) is 17.7 Å². The number of aryl methyl sites for hydroxylation is 2. The number of thiophene rings is 1. The lowest BCUT2D eigenvalue weighted by atomic mass is 9.97. The van der Waals surface area contributed by atoms with Crippen molar-refractivity contribution in [2.24, 2.45) is 0 Å². The van der Waals surface area contributed by atoms with E-state index in [0.29, 0.717) is 6.61 Å². The normalized spacial score (nSPS) is 13.7. The summed E-state index contributed by atoms with van der Waals surface area (Å²) in [6.45, 7) is 1.42. The van der Waals surface area contributed by atoms with Crippen molar-refractivity contribution in [3.05, 3.63) is 45.0 Å². The number of aromatic nitrogens is 2. The predicted octanol–water partition coefficient (Wildman–Crippen LogP) is 5.68. The first-order valence-electron chi connectivity index (χ1n) is 9.17. The summed E-state index contributed by atoms with van der Waals surface area (Å²) in [6, 6.07) is 8.37. The Morgan fingerprint density at radius 2 is 2.00 bits per heavy atom. The molecule has 0 aliphatic heterocycles. The molecule has 7 heteroatoms. The number of hydrogen-bond acceptors (Lipinski definition) is 6. The fraction of sp³-hybridized carbons (Fsp3) is 0.400. The molecule has 0 radical (unpaired) electrons. The van der Waals surface area contributed by atoms with Crippen molar-refractivity contribution in [2.75, 3.05) is 25.6 Å². The number of ether oxygens (including phenoxy) is 1. The first-order chi connectivity index (χ1) is 13.2. The van der Waals surface area contributed by atoms with E-state index in [1.807, 2.05) is 11.3 Å². The van der Waals surface area contributed by atoms with Crippen LogP contribution in [0.3, 0.4) is 0 Å². The van der Waals surface area contributed by atoms with Crippen LogP contribution >= 0.6 is 39.0 Å². The average molecular weight is 464 g/mol. The molecule has 0 amide bonds. The topological polar surface area (TPSA) is 47.0 Å². The fourth-order valence-electron chi connectivity index (χ4n) is 3.34. The van der Waals surface area contributed by atoms with Gasteiger partial charge in [-0.2, -0.15) is 0 Å². The van der Waals surface area contributed by atoms with E-state index in [-0.39, 0.29) is 0 Å². The summed E-state index contributed by atoms with van der Waals surface area (Å²) in [5, 5.41) is 4.73. The lowest BCUT2D eigenvalue weighted by molar-refractivity contribution is 0.210. The highest BCUT2D eigenvalue weighted by atomic mass is 79.9. The lowest BCUT2D eigenvalue weighted by Crippen LogP contribution is -2.11. The van der Waals surface area contributed by atoms with Gasteiger partial charge in [0.15, 0.2) is 0 Å². The highest BCUT2D eigenvalue weighted by molar-refractivity contribution is 9.10. The van der Waals surface area contributed by atoms with Crippen molar-refractivity contribution in [3.8, 4) is 0 Å². The molecule has 1 aromatic carbocycles. The summed E-state index contributed by atoms with van der Waals surface area (Å²) < 4.78 is 6.30. The number of fused-ring (bicyclic) bond motifs is 3. The molecule has 2 heterocycles. The van der Waals surface area contributed by atoms with E-state index in [1.165, 1.54) is 40.0 Å². The molecule has 0 saturated carbocycles. The van der Waals surface area contributed by atoms with Crippen molar-refractivity contribution in [2.45, 2.75) is 36.3 Å². The van der Waals surface area contributed by atoms with E-state index >= 15 is 0 Å². The maximum Gasteiger partial charge on any atom is 0.142 e. The Bertz CT molecular complexity index is 927. The van der Waals surface area contributed by atoms with E-state index in [0.717, 1.165) is 39.7 Å². The lowest BCUT2D eigenvalue weighted by Gasteiger charge is -2.13. The molecule has 1 aliphatic rings. The van der Waals surface area contributed by atoms with Gasteiger partial charge in [-0.15, -0.1) is 23.1 Å². The summed E-state index contributed by atoms with van der Waals surface area (Å²) >= 11 is 7.11. The van der Waals surface area contributed by atoms with Crippen molar-refractivity contribution >= 4 is 55.1 Å². The second-order valence-electron chi connectivity index (χ2n) is 6.54. The standard InChI is InChI=1S/C20H22BrN3OS2/c1-25-11-10-22-19-18-15-4-2-3-5-16(15)27-20(18)24-17(23-19)12-26-14-8-6-13(21)7-9-14/h6-9H,2-5,10-12H2,1H3,(H,22,23,24). The van der Waals surface area contributed by atoms with Crippen LogP contribution in [-0.4, -0.2) is 30.2 Å². The number of nitrogens with zero attached hydrogens (tertiary/aromatic N) is 2. The van der Waals surface area contributed by atoms with Gasteiger partial charge in [0.1, 0.15) is 16.5 Å². The molecular weight excluding hydrogens is 442 g/mol. The van der Waals surface area contributed by atoms with E-state index in [9.17, 15) is 0 Å². The van der Waals surface area contributed by atoms with Crippen molar-refractivity contribution in [3.63, 3.8) is 0 Å². The molecule has 0 bridgehead atoms. The Hall–Kier alpha value is -1.15. The molecule has 0 atom stereocenters. The molecule has 4 nitrogen and oxygen atoms in total. The van der Waals surface area contributed by atoms with Gasteiger partial charge in [-0.25, -0.2) is 9.97 Å². The molecule has 142 valence electrons. The van der Waals surface area contributed by atoms with Crippen molar-refractivity contribution in [1.82, 2.24) is 9.97 Å². The Labute approximate surface area is 176 Å². The largest absolute Gasteiger partial charge is 0.383 e. The second kappa shape index (κ2) is 8.90. The molecule has 27 heavy (non-hydrogen) atoms. The molecule has 0 spiro atoms. The molecule has 0 unspecified atom stereocenters. The highest BCUT2D eigenvalue weighted by Gasteiger charge is 2.21. The first kappa shape index (κ1) is 19.2. The summed E-state index contributed by atoms with van der Waals surface area (Å²) in [7, 11) is 1.73. The number of methoxy groups -OCH3 is 1. The zero-order chi connectivity index (χ0) is 18.6. The first-order valence-corrected chi connectivity index (χ1v) is 11.8. The molecule has 3 aromatic rings. The minimum Gasteiger partial charge on any atom is -0.383 e. The Morgan fingerprint density at radius 3 is 2.81 bits per heavy atom. The van der Waals surface area contributed by atoms with Crippen LogP contribution in [0.5, 0.6) is 0 Å². The summed E-state index contributed by atoms with van der Waals surface area (Å²) in [6.07, 6.45) is 4.87. The van der Waals surface area contributed by atoms with Crippen molar-refractivity contribution in [1.29, 1.82) is 0 Å². The number of rotatable bonds is 7. The van der Waals surface area contributed by atoms with Crippen LogP contribution in [-0.2, 0) is 23.3 Å². The molecule has 0 fully saturated rings. The molecular formula is C20H22BrN3OS2. The SMILES string of the molecule is COCCNc1nc(CSc2ccc(Br)cc2)nc2sc3c(c12)CCCC3. The third-order valence-electron chi connectivity index (χ3n) is 4.64. The fourth-order valence-corrected chi connectivity index (χ4v) is 5.64. The van der Waals surface area contributed by atoms with Crippen LogP contribution in [0, 0.1) is 0 Å². The van der Waals surface area contributed by atoms with Gasteiger partial charge >= 0.3 is 0 Å². The zero-order valence-electron chi connectivity index (χ0n) is 15.3. The van der Waals surface area contributed by atoms with Gasteiger partial charge < -0.3 is 10.1 Å². The van der Waals surface area contributed by atoms with Gasteiger partial charge in [0, 0.05) is 27.9 Å². The number of nitrogens with one attached hydrogen (secondary N) is 1. The molecule has 1 N–H and O–H groups in total. The number of anilines is 1. The minimum absolute atomic E-state index is 0.667. The maximum atomic E-state index is 5.20. The third-order valence-corrected chi connectivity index (χ3v) is 7.36. The van der Waals surface area contributed by atoms with Gasteiger partial charge in [0.2, 0.25) is 0 Å². The third kappa shape index (κ3) is 4.47. The Kier molecular flexibility index (Phi) is 6.32. The van der Waals surface area contributed by atoms with Gasteiger partial charge in [0.25, 0.3) is 0 Å². The van der Waals surface area contributed by atoms with Gasteiger partial charge in [-0.1, -0.05) is 15.9 Å². The van der Waals surface area contributed by atoms with Crippen LogP contribution in [0.15, 0.2) is 33.6 Å². The van der Waals surface area contributed by atoms with Crippen LogP contribution in [0.2, 0.25) is 0 Å². The van der Waals surface area contributed by atoms with Crippen LogP contribution in [0.4, 0.5) is 5.82 Å². The highest BCUT2D eigenvalue weighted by Crippen LogP contribution is 2.39. The van der Waals surface area contributed by atoms with Crippen LogP contribution in [0.25, 0.3) is 10.2 Å². The van der Waals surface area contributed by atoms with Gasteiger partial charge in [-0.05, 0) is 55.5 Å². The van der Waals surface area contributed by atoms with Crippen molar-refractivity contribution < 1.29 is 4.74 Å². The maximum absolute atomic E-state index is 5.20. The smallest absolute Gasteiger partial charge is 0.142 e. The number of hydrogen-bond donors (Lipinski definition) is 1. The van der Waals surface area contributed by atoms with Crippen LogP contribution in [0.1, 0.15) is 29.1 Å². The zero-order valence-corrected chi connectivity index (χ0v) is 18.5. The second-order valence-corrected chi connectivity index (χ2v) is 9.59. The summed E-state index contributed by atoms with van der Waals surface area (Å²) in [4.78, 5) is 13.6. The average Bonchev–Trinajstić information content (AvgIpc) is 3.06. The van der Waals surface area contributed by atoms with E-state index in [4.69, 9.17) is 14.7 Å². The summed E-state index contributed by atoms with van der Waals surface area (Å²) in [5.41, 5.74) is 1.47. The quantitative estimate of drug-likeness (QED) is 0.360. The monoisotopic (exact) mass is 463 g/mol. The molecule has 0 saturated heterocycles. The minimum atomic E-state index is 0.667. The Balaban J connectivity index is 1.63. The van der Waals surface area contributed by atoms with E-state index in [1.54, 1.807) is 18.9 Å². The molecule has 1 aliphatic carbocycles. The molecule has 4 rings (SSSR count).